The van der Waals surface area contributed by atoms with Gasteiger partial charge in [0.1, 0.15) is 0 Å². The highest BCUT2D eigenvalue weighted by molar-refractivity contribution is 5.15. The van der Waals surface area contributed by atoms with Crippen molar-refractivity contribution in [3.8, 4) is 0 Å². The van der Waals surface area contributed by atoms with E-state index in [1.165, 1.54) is 38.5 Å². The lowest BCUT2D eigenvalue weighted by Gasteiger charge is -2.13. The minimum absolute atomic E-state index is 0.423. The molecule has 0 heterocycles. The highest BCUT2D eigenvalue weighted by atomic mass is 14.8. The van der Waals surface area contributed by atoms with E-state index >= 15 is 0 Å². The number of unbranched alkanes of at least 4 members (excludes halogenated alkanes) is 4. The molecule has 0 bridgehead atoms. The molecule has 0 radical (unpaired) electrons. The second-order valence-corrected chi connectivity index (χ2v) is 6.79. The number of nitrogens with two attached hydrogens (primary N) is 1. The van der Waals surface area contributed by atoms with Crippen LogP contribution in [-0.2, 0) is 0 Å². The van der Waals surface area contributed by atoms with E-state index in [-0.39, 0.29) is 0 Å². The maximum Gasteiger partial charge on any atom is 0.00777 e. The topological polar surface area (TPSA) is 26.0 Å². The van der Waals surface area contributed by atoms with Crippen LogP contribution in [0.15, 0.2) is 0 Å². The maximum absolute atomic E-state index is 6.34. The van der Waals surface area contributed by atoms with E-state index in [9.17, 15) is 0 Å². The molecule has 0 amide bonds. The van der Waals surface area contributed by atoms with Gasteiger partial charge in [0.05, 0.1) is 0 Å². The van der Waals surface area contributed by atoms with Gasteiger partial charge in [-0.2, -0.15) is 0 Å². The van der Waals surface area contributed by atoms with Crippen molar-refractivity contribution >= 4 is 0 Å². The molecule has 0 saturated heterocycles. The first-order valence-electron chi connectivity index (χ1n) is 7.11. The summed E-state index contributed by atoms with van der Waals surface area (Å²) in [7, 11) is 0. The molecular formula is C15H31N. The fraction of sp³-hybridized carbons (Fsp3) is 1.00. The summed E-state index contributed by atoms with van der Waals surface area (Å²) in [5, 5.41) is 0. The Bertz CT molecular complexity index is 203. The molecule has 0 aromatic rings. The fourth-order valence-electron chi connectivity index (χ4n) is 3.47. The van der Waals surface area contributed by atoms with Gasteiger partial charge in [-0.15, -0.1) is 0 Å². The van der Waals surface area contributed by atoms with E-state index in [4.69, 9.17) is 5.73 Å². The van der Waals surface area contributed by atoms with Crippen molar-refractivity contribution < 1.29 is 0 Å². The van der Waals surface area contributed by atoms with E-state index < -0.39 is 0 Å². The summed E-state index contributed by atoms with van der Waals surface area (Å²) < 4.78 is 0. The maximum atomic E-state index is 6.34. The lowest BCUT2D eigenvalue weighted by molar-refractivity contribution is 0.436. The molecular weight excluding hydrogens is 194 g/mol. The third-order valence-electron chi connectivity index (χ3n) is 5.20. The number of hydrogen-bond acceptors (Lipinski definition) is 1. The van der Waals surface area contributed by atoms with Crippen LogP contribution < -0.4 is 5.73 Å². The summed E-state index contributed by atoms with van der Waals surface area (Å²) in [4.78, 5) is 0. The summed E-state index contributed by atoms with van der Waals surface area (Å²) in [5.41, 5.74) is 7.25. The summed E-state index contributed by atoms with van der Waals surface area (Å²) in [6.45, 7) is 11.7. The van der Waals surface area contributed by atoms with Gasteiger partial charge in [0, 0.05) is 6.04 Å². The Labute approximate surface area is 102 Å². The van der Waals surface area contributed by atoms with Crippen LogP contribution in [0.3, 0.4) is 0 Å². The fourth-order valence-corrected chi connectivity index (χ4v) is 3.47. The molecule has 1 heteroatoms. The van der Waals surface area contributed by atoms with Gasteiger partial charge >= 0.3 is 0 Å². The Balaban J connectivity index is 2.20. The Morgan fingerprint density at radius 2 is 1.44 bits per heavy atom. The Kier molecular flexibility index (Phi) is 4.45. The van der Waals surface area contributed by atoms with Gasteiger partial charge in [-0.3, -0.25) is 0 Å². The van der Waals surface area contributed by atoms with Crippen LogP contribution in [0.25, 0.3) is 0 Å². The molecule has 1 aliphatic carbocycles. The largest absolute Gasteiger partial charge is 0.327 e. The average Bonchev–Trinajstić information content (AvgIpc) is 2.57. The van der Waals surface area contributed by atoms with Crippen LogP contribution in [0, 0.1) is 16.7 Å². The molecule has 0 spiro atoms. The first kappa shape index (κ1) is 14.0. The molecule has 1 rings (SSSR count). The summed E-state index contributed by atoms with van der Waals surface area (Å²) in [6.07, 6.45) is 8.02. The Morgan fingerprint density at radius 3 is 1.88 bits per heavy atom. The van der Waals surface area contributed by atoms with Crippen molar-refractivity contribution in [3.63, 3.8) is 0 Å². The Morgan fingerprint density at radius 1 is 0.938 bits per heavy atom. The van der Waals surface area contributed by atoms with Crippen molar-refractivity contribution in [3.05, 3.63) is 0 Å². The number of rotatable bonds is 7. The standard InChI is InChI=1S/C15H31N/c1-6-7-8-9-10-11-12(16)13-14(2,3)15(13,4)5/h12-13H,6-11,16H2,1-5H3. The molecule has 1 fully saturated rings. The van der Waals surface area contributed by atoms with Crippen molar-refractivity contribution in [1.29, 1.82) is 0 Å². The zero-order valence-electron chi connectivity index (χ0n) is 12.0. The third kappa shape index (κ3) is 2.61. The van der Waals surface area contributed by atoms with E-state index in [0.29, 0.717) is 16.9 Å². The monoisotopic (exact) mass is 225 g/mol. The normalized spacial score (nSPS) is 24.4. The second kappa shape index (κ2) is 5.08. The molecule has 0 aromatic heterocycles. The van der Waals surface area contributed by atoms with Gasteiger partial charge in [0.2, 0.25) is 0 Å². The molecule has 2 N–H and O–H groups in total. The van der Waals surface area contributed by atoms with Crippen molar-refractivity contribution in [2.45, 2.75) is 79.2 Å². The SMILES string of the molecule is CCCCCCCC(N)C1C(C)(C)C1(C)C. The van der Waals surface area contributed by atoms with Crippen LogP contribution >= 0.6 is 0 Å². The van der Waals surface area contributed by atoms with Gasteiger partial charge in [0.25, 0.3) is 0 Å². The highest BCUT2D eigenvalue weighted by Crippen LogP contribution is 2.69. The minimum Gasteiger partial charge on any atom is -0.327 e. The lowest BCUT2D eigenvalue weighted by Crippen LogP contribution is -2.25. The highest BCUT2D eigenvalue weighted by Gasteiger charge is 2.66. The number of hydrogen-bond donors (Lipinski definition) is 1. The quantitative estimate of drug-likeness (QED) is 0.640. The third-order valence-corrected chi connectivity index (χ3v) is 5.20. The summed E-state index contributed by atoms with van der Waals surface area (Å²) in [6, 6.07) is 0.423. The first-order valence-corrected chi connectivity index (χ1v) is 7.11. The van der Waals surface area contributed by atoms with Gasteiger partial charge in [-0.05, 0) is 23.2 Å². The molecule has 96 valence electrons. The van der Waals surface area contributed by atoms with Gasteiger partial charge < -0.3 is 5.73 Å². The molecule has 1 saturated carbocycles. The molecule has 0 aromatic carbocycles. The van der Waals surface area contributed by atoms with Crippen LogP contribution in [0.1, 0.15) is 73.1 Å². The van der Waals surface area contributed by atoms with Gasteiger partial charge in [0.15, 0.2) is 0 Å². The predicted octanol–water partition coefficient (Wildman–Crippen LogP) is 4.36. The molecule has 0 aliphatic heterocycles. The van der Waals surface area contributed by atoms with Crippen LogP contribution in [-0.4, -0.2) is 6.04 Å². The summed E-state index contributed by atoms with van der Waals surface area (Å²) >= 11 is 0. The zero-order valence-corrected chi connectivity index (χ0v) is 12.0. The van der Waals surface area contributed by atoms with Crippen molar-refractivity contribution in [2.24, 2.45) is 22.5 Å². The second-order valence-electron chi connectivity index (χ2n) is 6.79. The molecule has 1 nitrogen and oxygen atoms in total. The van der Waals surface area contributed by atoms with Crippen LogP contribution in [0.2, 0.25) is 0 Å². The molecule has 16 heavy (non-hydrogen) atoms. The van der Waals surface area contributed by atoms with Crippen LogP contribution in [0.5, 0.6) is 0 Å². The van der Waals surface area contributed by atoms with E-state index in [1.807, 2.05) is 0 Å². The first-order chi connectivity index (χ1) is 7.35. The van der Waals surface area contributed by atoms with Gasteiger partial charge in [-0.25, -0.2) is 0 Å². The smallest absolute Gasteiger partial charge is 0.00777 e. The minimum atomic E-state index is 0.423. The van der Waals surface area contributed by atoms with E-state index in [2.05, 4.69) is 34.6 Å². The van der Waals surface area contributed by atoms with Gasteiger partial charge in [-0.1, -0.05) is 66.7 Å². The van der Waals surface area contributed by atoms with Crippen molar-refractivity contribution in [1.82, 2.24) is 0 Å². The predicted molar refractivity (Wildman–Crippen MR) is 72.4 cm³/mol. The zero-order chi connectivity index (χ0) is 12.4. The summed E-state index contributed by atoms with van der Waals surface area (Å²) in [5.74, 6) is 0.728. The molecule has 1 aliphatic rings. The van der Waals surface area contributed by atoms with Crippen LogP contribution in [0.4, 0.5) is 0 Å². The lowest BCUT2D eigenvalue weighted by atomic mass is 9.99. The Hall–Kier alpha value is -0.0400. The average molecular weight is 225 g/mol. The molecule has 1 unspecified atom stereocenters. The van der Waals surface area contributed by atoms with E-state index in [0.717, 1.165) is 5.92 Å². The molecule has 1 atom stereocenters. The van der Waals surface area contributed by atoms with E-state index in [1.54, 1.807) is 0 Å². The van der Waals surface area contributed by atoms with Crippen molar-refractivity contribution in [2.75, 3.05) is 0 Å².